The summed E-state index contributed by atoms with van der Waals surface area (Å²) in [6, 6.07) is 3.12. The fraction of sp³-hybridized carbons (Fsp3) is 0.500. The molecule has 1 N–H and O–H groups in total. The number of furan rings is 1. The van der Waals surface area contributed by atoms with Crippen LogP contribution in [-0.4, -0.2) is 36.1 Å². The first-order valence-electron chi connectivity index (χ1n) is 8.59. The second kappa shape index (κ2) is 11.0. The third-order valence-corrected chi connectivity index (χ3v) is 3.03. The van der Waals surface area contributed by atoms with Crippen molar-refractivity contribution < 1.29 is 52.2 Å². The summed E-state index contributed by atoms with van der Waals surface area (Å²) in [4.78, 5) is 9.65. The van der Waals surface area contributed by atoms with Crippen LogP contribution in [0.15, 0.2) is 28.6 Å². The van der Waals surface area contributed by atoms with E-state index in [0.29, 0.717) is 28.4 Å². The normalized spacial score (nSPS) is 16.7. The van der Waals surface area contributed by atoms with Crippen LogP contribution in [0.4, 0.5) is 0 Å². The Morgan fingerprint density at radius 3 is 2.95 bits per heavy atom. The third-order valence-electron chi connectivity index (χ3n) is 2.04. The van der Waals surface area contributed by atoms with Crippen molar-refractivity contribution in [2.24, 2.45) is 0 Å². The summed E-state index contributed by atoms with van der Waals surface area (Å²) in [6.07, 6.45) is 0.338. The Morgan fingerprint density at radius 1 is 1.57 bits per heavy atom. The summed E-state index contributed by atoms with van der Waals surface area (Å²) in [5, 5.41) is 23.5. The summed E-state index contributed by atoms with van der Waals surface area (Å²) in [5.41, 5.74) is 0. The van der Waals surface area contributed by atoms with Crippen molar-refractivity contribution in [3.63, 3.8) is 0 Å². The Hall–Kier alpha value is -0.670. The molecule has 0 aliphatic rings. The number of nitrogens with zero attached hydrogens (tertiary/aromatic N) is 2. The van der Waals surface area contributed by atoms with Gasteiger partial charge in [0.2, 0.25) is 6.20 Å². The van der Waals surface area contributed by atoms with Crippen LogP contribution in [0.1, 0.15) is 19.7 Å². The quantitative estimate of drug-likeness (QED) is 0.177. The average Bonchev–Trinajstić information content (AvgIpc) is 2.89. The van der Waals surface area contributed by atoms with Gasteiger partial charge in [0.15, 0.2) is 0 Å². The van der Waals surface area contributed by atoms with Gasteiger partial charge in [0.25, 0.3) is 0 Å². The molecule has 0 bridgehead atoms. The van der Waals surface area contributed by atoms with Gasteiger partial charge in [-0.1, -0.05) is 0 Å². The Labute approximate surface area is 158 Å². The van der Waals surface area contributed by atoms with Gasteiger partial charge < -0.3 is 19.7 Å². The van der Waals surface area contributed by atoms with Crippen LogP contribution in [0.3, 0.4) is 0 Å². The van der Waals surface area contributed by atoms with E-state index in [9.17, 15) is 15.2 Å². The maximum absolute atomic E-state index is 11.0. The molecule has 21 heavy (non-hydrogen) atoms. The van der Waals surface area contributed by atoms with E-state index >= 15 is 0 Å². The molecule has 0 saturated carbocycles. The minimum Gasteiger partial charge on any atom is -0.856 e. The number of hydrogen-bond acceptors (Lipinski definition) is 7. The predicted molar refractivity (Wildman–Crippen MR) is 75.3 cm³/mol. The largest absolute Gasteiger partial charge is 1.00 e. The van der Waals surface area contributed by atoms with Crippen LogP contribution in [0, 0.1) is 10.1 Å². The van der Waals surface area contributed by atoms with Crippen molar-refractivity contribution in [2.45, 2.75) is 12.3 Å². The molecule has 0 fully saturated rings. The Balaban J connectivity index is 0.00000676. The fourth-order valence-electron chi connectivity index (χ4n) is 1.30. The molecule has 0 unspecified atom stereocenters. The third kappa shape index (κ3) is 9.81. The first-order valence-corrected chi connectivity index (χ1v) is 6.74. The van der Waals surface area contributed by atoms with E-state index in [4.69, 9.17) is 12.6 Å². The number of rotatable bonds is 9. The molecule has 7 nitrogen and oxygen atoms in total. The zero-order chi connectivity index (χ0) is 20.0. The molecule has 0 radical (unpaired) electrons. The Kier molecular flexibility index (Phi) is 6.19. The molecule has 0 aliphatic carbocycles. The van der Waals surface area contributed by atoms with Gasteiger partial charge in [-0.3, -0.25) is 10.1 Å². The summed E-state index contributed by atoms with van der Waals surface area (Å²) >= 11 is 1.38. The molecular weight excluding hydrogens is 305 g/mol. The molecule has 0 aliphatic heterocycles. The second-order valence-corrected chi connectivity index (χ2v) is 4.82. The minimum absolute atomic E-state index is 0. The first kappa shape index (κ1) is 11.8. The predicted octanol–water partition coefficient (Wildman–Crippen LogP) is -2.40. The molecule has 1 aromatic heterocycles. The fourth-order valence-corrected chi connectivity index (χ4v) is 2.05. The van der Waals surface area contributed by atoms with E-state index in [1.165, 1.54) is 17.8 Å². The van der Waals surface area contributed by atoms with Crippen molar-refractivity contribution >= 4 is 11.8 Å². The first-order chi connectivity index (χ1) is 11.9. The van der Waals surface area contributed by atoms with E-state index in [-0.39, 0.29) is 48.4 Å². The van der Waals surface area contributed by atoms with Crippen LogP contribution in [0.2, 0.25) is 0 Å². The Morgan fingerprint density at radius 2 is 2.29 bits per heavy atom. The zero-order valence-corrected chi connectivity index (χ0v) is 14.3. The smallest absolute Gasteiger partial charge is 0.856 e. The molecule has 0 spiro atoms. The van der Waals surface area contributed by atoms with Gasteiger partial charge >= 0.3 is 29.6 Å². The van der Waals surface area contributed by atoms with Crippen molar-refractivity contribution in [1.82, 2.24) is 10.2 Å². The van der Waals surface area contributed by atoms with Crippen molar-refractivity contribution in [1.29, 1.82) is 0 Å². The zero-order valence-electron chi connectivity index (χ0n) is 17.5. The molecule has 112 valence electrons. The average molecular weight is 329 g/mol. The molecular formula is C12H18N3NaO4S. The van der Waals surface area contributed by atoms with Crippen LogP contribution in [-0.2, 0) is 12.3 Å². The van der Waals surface area contributed by atoms with Crippen LogP contribution in [0.25, 0.3) is 0 Å². The Bertz CT molecular complexity index is 623. The molecule has 1 aromatic rings. The summed E-state index contributed by atoms with van der Waals surface area (Å²) < 4.78 is 49.3. The van der Waals surface area contributed by atoms with Gasteiger partial charge in [-0.25, -0.2) is 0 Å². The van der Waals surface area contributed by atoms with Gasteiger partial charge in [-0.2, -0.15) is 11.8 Å². The molecule has 9 heteroatoms. The molecule has 0 aromatic carbocycles. The van der Waals surface area contributed by atoms with Crippen LogP contribution >= 0.6 is 11.8 Å². The van der Waals surface area contributed by atoms with Crippen LogP contribution in [0.5, 0.6) is 0 Å². The van der Waals surface area contributed by atoms with Crippen molar-refractivity contribution in [3.8, 4) is 0 Å². The summed E-state index contributed by atoms with van der Waals surface area (Å²) in [6.45, 7) is -5.73. The standard InChI is InChI=1S/C12H19N3O4S.Na/c1-14(2)7-10-3-4-11(19-10)9-20-6-5-13-12(16)8-15(17)18;/h3-4,8,13,16H,5-7,9H2,1-2H3;/q;+1/p-1/b12-8-;/i1D3,2D3;. The maximum atomic E-state index is 11.0. The topological polar surface area (TPSA) is 94.6 Å². The number of thioether (sulfide) groups is 1. The molecule has 0 atom stereocenters. The van der Waals surface area contributed by atoms with Crippen molar-refractivity contribution in [2.75, 3.05) is 26.2 Å². The van der Waals surface area contributed by atoms with E-state index in [1.807, 2.05) is 0 Å². The van der Waals surface area contributed by atoms with Gasteiger partial charge in [0.05, 0.1) is 17.2 Å². The summed E-state index contributed by atoms with van der Waals surface area (Å²) in [7, 11) is 0. The van der Waals surface area contributed by atoms with E-state index in [1.54, 1.807) is 6.07 Å². The SMILES string of the molecule is [2H]C([2H])([2H])N(Cc1ccc(CSCCN/C([O-])=C/[N+](=O)[O-])o1)C([2H])([2H])[2H].[Na+]. The van der Waals surface area contributed by atoms with Crippen LogP contribution < -0.4 is 40.0 Å². The summed E-state index contributed by atoms with van der Waals surface area (Å²) in [5.74, 6) is 0.830. The second-order valence-electron chi connectivity index (χ2n) is 3.71. The van der Waals surface area contributed by atoms with E-state index in [2.05, 4.69) is 5.32 Å². The molecule has 1 heterocycles. The minimum atomic E-state index is -2.79. The van der Waals surface area contributed by atoms with Gasteiger partial charge in [0.1, 0.15) is 11.5 Å². The van der Waals surface area contributed by atoms with Gasteiger partial charge in [-0.05, 0) is 26.1 Å². The number of hydrogen-bond donors (Lipinski definition) is 1. The maximum Gasteiger partial charge on any atom is 1.00 e. The number of nitro groups is 1. The molecule has 0 amide bonds. The monoisotopic (exact) mass is 329 g/mol. The van der Waals surface area contributed by atoms with Crippen molar-refractivity contribution in [3.05, 3.63) is 45.9 Å². The van der Waals surface area contributed by atoms with Gasteiger partial charge in [0, 0.05) is 26.4 Å². The number of nitrogens with one attached hydrogen (secondary N) is 1. The van der Waals surface area contributed by atoms with Gasteiger partial charge in [-0.15, -0.1) is 0 Å². The van der Waals surface area contributed by atoms with E-state index < -0.39 is 24.8 Å². The molecule has 0 saturated heterocycles. The molecule has 1 rings (SSSR count). The van der Waals surface area contributed by atoms with E-state index in [0.717, 1.165) is 0 Å².